The standard InChI is InChI=1S/C25H43N/c1-4-5-6-7-8-9-10-11-12-13-14-15-16-17-18-19-24-20-22-25(23-21-24)26(2)3/h18-23H,4-17H2,1-3H3/b19-18+. The summed E-state index contributed by atoms with van der Waals surface area (Å²) in [7, 11) is 4.17. The Hall–Kier alpha value is -1.24. The van der Waals surface area contributed by atoms with Crippen LogP contribution < -0.4 is 4.90 Å². The highest BCUT2D eigenvalue weighted by atomic mass is 15.1. The van der Waals surface area contributed by atoms with Crippen molar-refractivity contribution >= 4 is 11.8 Å². The summed E-state index contributed by atoms with van der Waals surface area (Å²) in [6.45, 7) is 2.29. The maximum absolute atomic E-state index is 2.34. The zero-order valence-electron chi connectivity index (χ0n) is 17.8. The summed E-state index contributed by atoms with van der Waals surface area (Å²) in [6.07, 6.45) is 24.4. The fourth-order valence-corrected chi connectivity index (χ4v) is 3.38. The molecule has 0 amide bonds. The highest BCUT2D eigenvalue weighted by Gasteiger charge is 1.95. The minimum atomic E-state index is 1.22. The third-order valence-electron chi connectivity index (χ3n) is 5.19. The Balaban J connectivity index is 1.88. The predicted octanol–water partition coefficient (Wildman–Crippen LogP) is 8.25. The first-order valence-corrected chi connectivity index (χ1v) is 11.2. The van der Waals surface area contributed by atoms with Gasteiger partial charge in [-0.15, -0.1) is 0 Å². The monoisotopic (exact) mass is 357 g/mol. The Morgan fingerprint density at radius 3 is 1.58 bits per heavy atom. The van der Waals surface area contributed by atoms with E-state index in [-0.39, 0.29) is 0 Å². The highest BCUT2D eigenvalue weighted by molar-refractivity contribution is 5.55. The van der Waals surface area contributed by atoms with Gasteiger partial charge in [-0.2, -0.15) is 0 Å². The molecule has 0 unspecified atom stereocenters. The first-order chi connectivity index (χ1) is 12.7. The number of rotatable bonds is 16. The summed E-state index contributed by atoms with van der Waals surface area (Å²) < 4.78 is 0. The third-order valence-corrected chi connectivity index (χ3v) is 5.19. The Morgan fingerprint density at radius 2 is 1.12 bits per heavy atom. The van der Waals surface area contributed by atoms with E-state index in [1.807, 2.05) is 0 Å². The van der Waals surface area contributed by atoms with Crippen molar-refractivity contribution < 1.29 is 0 Å². The summed E-state index contributed by atoms with van der Waals surface area (Å²) in [5, 5.41) is 0. The van der Waals surface area contributed by atoms with Gasteiger partial charge in [0.15, 0.2) is 0 Å². The summed E-state index contributed by atoms with van der Waals surface area (Å²) in [4.78, 5) is 2.14. The second-order valence-electron chi connectivity index (χ2n) is 7.92. The third kappa shape index (κ3) is 12.2. The molecule has 1 heteroatoms. The maximum Gasteiger partial charge on any atom is 0.0361 e. The van der Waals surface area contributed by atoms with Crippen LogP contribution in [0.2, 0.25) is 0 Å². The molecule has 0 spiro atoms. The van der Waals surface area contributed by atoms with Crippen LogP contribution in [0.4, 0.5) is 5.69 Å². The Morgan fingerprint density at radius 1 is 0.654 bits per heavy atom. The van der Waals surface area contributed by atoms with Gasteiger partial charge < -0.3 is 4.90 Å². The van der Waals surface area contributed by atoms with Crippen LogP contribution in [0.15, 0.2) is 30.3 Å². The van der Waals surface area contributed by atoms with Crippen molar-refractivity contribution in [3.05, 3.63) is 35.9 Å². The highest BCUT2D eigenvalue weighted by Crippen LogP contribution is 2.15. The number of hydrogen-bond acceptors (Lipinski definition) is 1. The van der Waals surface area contributed by atoms with Gasteiger partial charge in [-0.1, -0.05) is 108 Å². The van der Waals surface area contributed by atoms with Gasteiger partial charge in [0, 0.05) is 19.8 Å². The fourth-order valence-electron chi connectivity index (χ4n) is 3.38. The van der Waals surface area contributed by atoms with Crippen molar-refractivity contribution in [3.8, 4) is 0 Å². The van der Waals surface area contributed by atoms with Gasteiger partial charge in [-0.25, -0.2) is 0 Å². The molecule has 1 aromatic carbocycles. The topological polar surface area (TPSA) is 3.24 Å². The second-order valence-corrected chi connectivity index (χ2v) is 7.92. The first kappa shape index (κ1) is 22.8. The SMILES string of the molecule is CCCCCCCCCCCCCCC/C=C/c1ccc(N(C)C)cc1. The van der Waals surface area contributed by atoms with E-state index in [2.05, 4.69) is 62.3 Å². The molecule has 0 aliphatic carbocycles. The van der Waals surface area contributed by atoms with Crippen molar-refractivity contribution in [2.75, 3.05) is 19.0 Å². The smallest absolute Gasteiger partial charge is 0.0361 e. The number of benzene rings is 1. The van der Waals surface area contributed by atoms with Crippen molar-refractivity contribution in [2.24, 2.45) is 0 Å². The molecule has 0 aromatic heterocycles. The minimum absolute atomic E-state index is 1.22. The van der Waals surface area contributed by atoms with Gasteiger partial charge in [0.05, 0.1) is 0 Å². The molecule has 0 fully saturated rings. The van der Waals surface area contributed by atoms with E-state index in [0.29, 0.717) is 0 Å². The molecule has 0 radical (unpaired) electrons. The molecule has 0 aliphatic rings. The molecule has 0 heterocycles. The lowest BCUT2D eigenvalue weighted by molar-refractivity contribution is 0.540. The molecule has 0 atom stereocenters. The molecule has 148 valence electrons. The summed E-state index contributed by atoms with van der Waals surface area (Å²) in [5.41, 5.74) is 2.57. The van der Waals surface area contributed by atoms with Crippen LogP contribution >= 0.6 is 0 Å². The molecule has 0 aliphatic heterocycles. The number of anilines is 1. The molecule has 26 heavy (non-hydrogen) atoms. The maximum atomic E-state index is 2.34. The molecule has 0 saturated carbocycles. The van der Waals surface area contributed by atoms with Crippen molar-refractivity contribution in [1.29, 1.82) is 0 Å². The minimum Gasteiger partial charge on any atom is -0.378 e. The largest absolute Gasteiger partial charge is 0.378 e. The van der Waals surface area contributed by atoms with E-state index in [9.17, 15) is 0 Å². The summed E-state index contributed by atoms with van der Waals surface area (Å²) in [5.74, 6) is 0. The van der Waals surface area contributed by atoms with E-state index < -0.39 is 0 Å². The molecule has 1 nitrogen and oxygen atoms in total. The van der Waals surface area contributed by atoms with Gasteiger partial charge in [0.1, 0.15) is 0 Å². The quantitative estimate of drug-likeness (QED) is 0.269. The normalized spacial score (nSPS) is 11.3. The van der Waals surface area contributed by atoms with E-state index in [0.717, 1.165) is 0 Å². The first-order valence-electron chi connectivity index (χ1n) is 11.2. The molecule has 1 aromatic rings. The predicted molar refractivity (Wildman–Crippen MR) is 120 cm³/mol. The lowest BCUT2D eigenvalue weighted by Crippen LogP contribution is -2.07. The summed E-state index contributed by atoms with van der Waals surface area (Å²) >= 11 is 0. The molecule has 0 bridgehead atoms. The van der Waals surface area contributed by atoms with E-state index in [1.165, 1.54) is 101 Å². The number of hydrogen-bond donors (Lipinski definition) is 0. The Bertz CT molecular complexity index is 444. The zero-order chi connectivity index (χ0) is 18.9. The van der Waals surface area contributed by atoms with Crippen LogP contribution in [0.25, 0.3) is 6.08 Å². The molecule has 0 saturated heterocycles. The van der Waals surface area contributed by atoms with Gasteiger partial charge in [-0.05, 0) is 30.5 Å². The van der Waals surface area contributed by atoms with Crippen LogP contribution in [-0.4, -0.2) is 14.1 Å². The van der Waals surface area contributed by atoms with Crippen LogP contribution in [0, 0.1) is 0 Å². The second kappa shape index (κ2) is 16.0. The lowest BCUT2D eigenvalue weighted by atomic mass is 10.0. The molecular formula is C25H43N. The van der Waals surface area contributed by atoms with Crippen LogP contribution in [0.5, 0.6) is 0 Å². The zero-order valence-corrected chi connectivity index (χ0v) is 17.8. The van der Waals surface area contributed by atoms with E-state index >= 15 is 0 Å². The molecule has 1 rings (SSSR count). The lowest BCUT2D eigenvalue weighted by Gasteiger charge is -2.11. The molecule has 0 N–H and O–H groups in total. The average molecular weight is 358 g/mol. The average Bonchev–Trinajstić information content (AvgIpc) is 2.65. The summed E-state index contributed by atoms with van der Waals surface area (Å²) in [6, 6.07) is 8.78. The fraction of sp³-hybridized carbons (Fsp3) is 0.680. The van der Waals surface area contributed by atoms with Crippen molar-refractivity contribution in [2.45, 2.75) is 96.8 Å². The van der Waals surface area contributed by atoms with E-state index in [4.69, 9.17) is 0 Å². The van der Waals surface area contributed by atoms with Gasteiger partial charge in [0.2, 0.25) is 0 Å². The molecular weight excluding hydrogens is 314 g/mol. The number of nitrogens with zero attached hydrogens (tertiary/aromatic N) is 1. The number of allylic oxidation sites excluding steroid dienone is 1. The van der Waals surface area contributed by atoms with Gasteiger partial charge in [0.25, 0.3) is 0 Å². The van der Waals surface area contributed by atoms with Gasteiger partial charge >= 0.3 is 0 Å². The van der Waals surface area contributed by atoms with E-state index in [1.54, 1.807) is 0 Å². The Labute approximate surface area is 163 Å². The number of unbranched alkanes of at least 4 members (excludes halogenated alkanes) is 13. The van der Waals surface area contributed by atoms with Crippen molar-refractivity contribution in [1.82, 2.24) is 0 Å². The van der Waals surface area contributed by atoms with Crippen molar-refractivity contribution in [3.63, 3.8) is 0 Å². The van der Waals surface area contributed by atoms with Gasteiger partial charge in [-0.3, -0.25) is 0 Å². The van der Waals surface area contributed by atoms with Crippen LogP contribution in [0.3, 0.4) is 0 Å². The van der Waals surface area contributed by atoms with Crippen LogP contribution in [0.1, 0.15) is 102 Å². The van der Waals surface area contributed by atoms with Crippen LogP contribution in [-0.2, 0) is 0 Å². The Kier molecular flexibility index (Phi) is 14.0.